The van der Waals surface area contributed by atoms with E-state index in [1.54, 1.807) is 11.8 Å². The normalized spacial score (nSPS) is 16.7. The molecule has 124 valence electrons. The molecule has 6 nitrogen and oxygen atoms in total. The van der Waals surface area contributed by atoms with Crippen molar-refractivity contribution in [3.8, 4) is 0 Å². The molecular weight excluding hydrogens is 296 g/mol. The maximum absolute atomic E-state index is 12.6. The molecule has 1 aliphatic rings. The lowest BCUT2D eigenvalue weighted by Gasteiger charge is -2.25. The van der Waals surface area contributed by atoms with Crippen LogP contribution in [0.1, 0.15) is 31.7 Å². The smallest absolute Gasteiger partial charge is 0.307 e. The van der Waals surface area contributed by atoms with Crippen LogP contribution >= 0.6 is 0 Å². The topological polar surface area (TPSA) is 75.7 Å². The van der Waals surface area contributed by atoms with Crippen LogP contribution in [0.15, 0.2) is 30.3 Å². The summed E-state index contributed by atoms with van der Waals surface area (Å²) in [4.78, 5) is 37.1. The Hall–Kier alpha value is -2.37. The molecule has 1 saturated heterocycles. The van der Waals surface area contributed by atoms with E-state index in [2.05, 4.69) is 5.32 Å². The van der Waals surface area contributed by atoms with Gasteiger partial charge in [-0.15, -0.1) is 0 Å². The number of esters is 1. The van der Waals surface area contributed by atoms with E-state index in [1.807, 2.05) is 30.3 Å². The molecule has 0 saturated carbocycles. The average Bonchev–Trinajstić information content (AvgIpc) is 2.98. The Morgan fingerprint density at radius 2 is 2.04 bits per heavy atom. The van der Waals surface area contributed by atoms with Gasteiger partial charge in [0.05, 0.1) is 13.0 Å². The Balaban J connectivity index is 2.02. The number of rotatable bonds is 7. The van der Waals surface area contributed by atoms with Crippen molar-refractivity contribution in [1.82, 2.24) is 10.2 Å². The maximum Gasteiger partial charge on any atom is 0.307 e. The average molecular weight is 318 g/mol. The minimum Gasteiger partial charge on any atom is -0.466 e. The van der Waals surface area contributed by atoms with Gasteiger partial charge in [0.25, 0.3) is 0 Å². The van der Waals surface area contributed by atoms with Gasteiger partial charge in [0, 0.05) is 19.5 Å². The fourth-order valence-corrected chi connectivity index (χ4v) is 2.55. The number of ether oxygens (including phenoxy) is 1. The summed E-state index contributed by atoms with van der Waals surface area (Å²) >= 11 is 0. The van der Waals surface area contributed by atoms with Gasteiger partial charge < -0.3 is 15.0 Å². The first kappa shape index (κ1) is 17.0. The molecule has 1 heterocycles. The van der Waals surface area contributed by atoms with Crippen LogP contribution in [0, 0.1) is 0 Å². The van der Waals surface area contributed by atoms with E-state index in [0.717, 1.165) is 5.56 Å². The van der Waals surface area contributed by atoms with Crippen LogP contribution in [-0.2, 0) is 25.7 Å². The van der Waals surface area contributed by atoms with Gasteiger partial charge in [-0.05, 0) is 18.9 Å². The third kappa shape index (κ3) is 5.09. The zero-order valence-electron chi connectivity index (χ0n) is 13.3. The summed E-state index contributed by atoms with van der Waals surface area (Å²) in [6.07, 6.45) is 1.02. The molecule has 6 heteroatoms. The summed E-state index contributed by atoms with van der Waals surface area (Å²) in [6, 6.07) is 9.08. The Labute approximate surface area is 135 Å². The summed E-state index contributed by atoms with van der Waals surface area (Å²) in [7, 11) is 0. The Morgan fingerprint density at radius 1 is 1.30 bits per heavy atom. The third-order valence-corrected chi connectivity index (χ3v) is 3.71. The molecule has 0 aromatic heterocycles. The van der Waals surface area contributed by atoms with E-state index in [-0.39, 0.29) is 30.7 Å². The molecule has 0 bridgehead atoms. The number of amides is 2. The standard InChI is InChI=1S/C17H22N2O4/c1-2-23-16(21)10-11-19(12-13-6-4-3-5-7-13)17(22)14-8-9-15(20)18-14/h3-7,14H,2,8-12H2,1H3,(H,18,20)/t14-/m0/s1. The highest BCUT2D eigenvalue weighted by Gasteiger charge is 2.31. The monoisotopic (exact) mass is 318 g/mol. The first-order valence-corrected chi connectivity index (χ1v) is 7.88. The fraction of sp³-hybridized carbons (Fsp3) is 0.471. The van der Waals surface area contributed by atoms with Crippen LogP contribution in [0.3, 0.4) is 0 Å². The maximum atomic E-state index is 12.6. The van der Waals surface area contributed by atoms with Crippen LogP contribution in [-0.4, -0.2) is 41.9 Å². The van der Waals surface area contributed by atoms with Crippen molar-refractivity contribution < 1.29 is 19.1 Å². The van der Waals surface area contributed by atoms with Crippen LogP contribution in [0.2, 0.25) is 0 Å². The van der Waals surface area contributed by atoms with Crippen molar-refractivity contribution in [2.24, 2.45) is 0 Å². The van der Waals surface area contributed by atoms with Gasteiger partial charge >= 0.3 is 5.97 Å². The first-order valence-electron chi connectivity index (χ1n) is 7.88. The van der Waals surface area contributed by atoms with Crippen LogP contribution in [0.25, 0.3) is 0 Å². The minimum absolute atomic E-state index is 0.103. The molecule has 2 rings (SSSR count). The van der Waals surface area contributed by atoms with Crippen LogP contribution < -0.4 is 5.32 Å². The molecule has 0 spiro atoms. The zero-order chi connectivity index (χ0) is 16.7. The molecule has 0 aliphatic carbocycles. The van der Waals surface area contributed by atoms with E-state index < -0.39 is 6.04 Å². The number of benzene rings is 1. The molecule has 0 unspecified atom stereocenters. The Morgan fingerprint density at radius 3 is 2.65 bits per heavy atom. The molecule has 1 aromatic carbocycles. The van der Waals surface area contributed by atoms with Gasteiger partial charge in [0.2, 0.25) is 11.8 Å². The van der Waals surface area contributed by atoms with Crippen molar-refractivity contribution in [1.29, 1.82) is 0 Å². The van der Waals surface area contributed by atoms with Gasteiger partial charge in [-0.25, -0.2) is 0 Å². The highest BCUT2D eigenvalue weighted by Crippen LogP contribution is 2.13. The number of nitrogens with one attached hydrogen (secondary N) is 1. The van der Waals surface area contributed by atoms with Crippen LogP contribution in [0.5, 0.6) is 0 Å². The number of hydrogen-bond acceptors (Lipinski definition) is 4. The molecular formula is C17H22N2O4. The molecule has 23 heavy (non-hydrogen) atoms. The van der Waals surface area contributed by atoms with Crippen molar-refractivity contribution >= 4 is 17.8 Å². The van der Waals surface area contributed by atoms with E-state index in [4.69, 9.17) is 4.74 Å². The lowest BCUT2D eigenvalue weighted by atomic mass is 10.1. The zero-order valence-corrected chi connectivity index (χ0v) is 13.3. The van der Waals surface area contributed by atoms with Gasteiger partial charge in [0.15, 0.2) is 0 Å². The van der Waals surface area contributed by atoms with Crippen molar-refractivity contribution in [3.63, 3.8) is 0 Å². The van der Waals surface area contributed by atoms with Gasteiger partial charge in [-0.2, -0.15) is 0 Å². The summed E-state index contributed by atoms with van der Waals surface area (Å²) in [5, 5.41) is 2.69. The Kier molecular flexibility index (Phi) is 6.14. The highest BCUT2D eigenvalue weighted by atomic mass is 16.5. The molecule has 1 fully saturated rings. The second-order valence-corrected chi connectivity index (χ2v) is 5.46. The number of carbonyl (C=O) groups excluding carboxylic acids is 3. The van der Waals surface area contributed by atoms with Gasteiger partial charge in [-0.3, -0.25) is 14.4 Å². The van der Waals surface area contributed by atoms with Crippen LogP contribution in [0.4, 0.5) is 0 Å². The lowest BCUT2D eigenvalue weighted by molar-refractivity contribution is -0.144. The van der Waals surface area contributed by atoms with Gasteiger partial charge in [-0.1, -0.05) is 30.3 Å². The van der Waals surface area contributed by atoms with E-state index in [9.17, 15) is 14.4 Å². The van der Waals surface area contributed by atoms with Crippen molar-refractivity contribution in [2.75, 3.05) is 13.2 Å². The summed E-state index contributed by atoms with van der Waals surface area (Å²) < 4.78 is 4.92. The SMILES string of the molecule is CCOC(=O)CCN(Cc1ccccc1)C(=O)[C@@H]1CCC(=O)N1. The molecule has 1 N–H and O–H groups in total. The molecule has 1 aliphatic heterocycles. The molecule has 2 amide bonds. The first-order chi connectivity index (χ1) is 11.1. The summed E-state index contributed by atoms with van der Waals surface area (Å²) in [6.45, 7) is 2.76. The quantitative estimate of drug-likeness (QED) is 0.768. The highest BCUT2D eigenvalue weighted by molar-refractivity contribution is 5.91. The predicted molar refractivity (Wildman–Crippen MR) is 84.3 cm³/mol. The van der Waals surface area contributed by atoms with E-state index in [0.29, 0.717) is 26.0 Å². The number of hydrogen-bond donors (Lipinski definition) is 1. The van der Waals surface area contributed by atoms with Crippen molar-refractivity contribution in [2.45, 2.75) is 38.8 Å². The second-order valence-electron chi connectivity index (χ2n) is 5.46. The summed E-state index contributed by atoms with van der Waals surface area (Å²) in [5.74, 6) is -0.578. The van der Waals surface area contributed by atoms with E-state index in [1.165, 1.54) is 0 Å². The second kappa shape index (κ2) is 8.31. The predicted octanol–water partition coefficient (Wildman–Crippen LogP) is 1.25. The van der Waals surface area contributed by atoms with E-state index >= 15 is 0 Å². The summed E-state index contributed by atoms with van der Waals surface area (Å²) in [5.41, 5.74) is 0.981. The Bertz CT molecular complexity index is 559. The molecule has 1 aromatic rings. The molecule has 0 radical (unpaired) electrons. The van der Waals surface area contributed by atoms with Crippen molar-refractivity contribution in [3.05, 3.63) is 35.9 Å². The third-order valence-electron chi connectivity index (χ3n) is 3.71. The fourth-order valence-electron chi connectivity index (χ4n) is 2.55. The lowest BCUT2D eigenvalue weighted by Crippen LogP contribution is -2.44. The minimum atomic E-state index is -0.492. The number of nitrogens with zero attached hydrogens (tertiary/aromatic N) is 1. The van der Waals surface area contributed by atoms with Gasteiger partial charge in [0.1, 0.15) is 6.04 Å². The largest absolute Gasteiger partial charge is 0.466 e. The molecule has 1 atom stereocenters. The number of carbonyl (C=O) groups is 3.